The third-order valence-electron chi connectivity index (χ3n) is 3.93. The van der Waals surface area contributed by atoms with Crippen LogP contribution in [0.1, 0.15) is 15.9 Å². The van der Waals surface area contributed by atoms with E-state index in [1.165, 1.54) is 12.7 Å². The van der Waals surface area contributed by atoms with Crippen molar-refractivity contribution in [3.63, 3.8) is 0 Å². The van der Waals surface area contributed by atoms with E-state index < -0.39 is 0 Å². The van der Waals surface area contributed by atoms with Crippen LogP contribution in [-0.4, -0.2) is 40.9 Å². The molecule has 0 aliphatic heterocycles. The number of carbonyl (C=O) groups is 1. The molecular formula is C17H13BrN8O. The normalized spacial score (nSPS) is 10.7. The van der Waals surface area contributed by atoms with Crippen LogP contribution in [0.3, 0.4) is 0 Å². The van der Waals surface area contributed by atoms with E-state index in [0.717, 1.165) is 15.7 Å². The fourth-order valence-corrected chi connectivity index (χ4v) is 3.02. The van der Waals surface area contributed by atoms with Crippen molar-refractivity contribution in [2.45, 2.75) is 6.92 Å². The van der Waals surface area contributed by atoms with Crippen LogP contribution < -0.4 is 5.32 Å². The van der Waals surface area contributed by atoms with Crippen molar-refractivity contribution in [2.24, 2.45) is 0 Å². The second kappa shape index (κ2) is 7.08. The van der Waals surface area contributed by atoms with E-state index in [0.29, 0.717) is 16.9 Å². The molecule has 0 fully saturated rings. The lowest BCUT2D eigenvalue weighted by Crippen LogP contribution is -2.14. The van der Waals surface area contributed by atoms with Gasteiger partial charge >= 0.3 is 0 Å². The first-order valence-electron chi connectivity index (χ1n) is 7.92. The number of hydrogen-bond donors (Lipinski definition) is 1. The number of rotatable bonds is 4. The van der Waals surface area contributed by atoms with Gasteiger partial charge in [0.05, 0.1) is 17.1 Å². The smallest absolute Gasteiger partial charge is 0.255 e. The summed E-state index contributed by atoms with van der Waals surface area (Å²) in [7, 11) is 0. The molecule has 0 atom stereocenters. The number of aromatic nitrogens is 7. The number of aryl methyl sites for hydroxylation is 1. The molecule has 2 aromatic heterocycles. The Morgan fingerprint density at radius 1 is 1.07 bits per heavy atom. The van der Waals surface area contributed by atoms with Crippen LogP contribution in [0.25, 0.3) is 11.4 Å². The van der Waals surface area contributed by atoms with Crippen LogP contribution in [0.15, 0.2) is 59.9 Å². The van der Waals surface area contributed by atoms with Gasteiger partial charge in [-0.25, -0.2) is 14.3 Å². The van der Waals surface area contributed by atoms with Gasteiger partial charge in [0.1, 0.15) is 19.0 Å². The average molecular weight is 425 g/mol. The molecule has 9 nitrogen and oxygen atoms in total. The van der Waals surface area contributed by atoms with Crippen molar-refractivity contribution >= 4 is 27.5 Å². The van der Waals surface area contributed by atoms with Crippen molar-refractivity contribution in [3.8, 4) is 11.4 Å². The molecule has 10 heteroatoms. The first kappa shape index (κ1) is 17.0. The zero-order valence-electron chi connectivity index (χ0n) is 14.1. The number of hydrogen-bond acceptors (Lipinski definition) is 6. The Morgan fingerprint density at radius 3 is 2.63 bits per heavy atom. The van der Waals surface area contributed by atoms with Crippen molar-refractivity contribution in [3.05, 3.63) is 71.0 Å². The largest absolute Gasteiger partial charge is 0.320 e. The van der Waals surface area contributed by atoms with Gasteiger partial charge in [0.2, 0.25) is 0 Å². The Balaban J connectivity index is 1.63. The molecular weight excluding hydrogens is 412 g/mol. The Bertz CT molecular complexity index is 1090. The van der Waals surface area contributed by atoms with E-state index in [9.17, 15) is 4.79 Å². The lowest BCUT2D eigenvalue weighted by molar-refractivity contribution is 0.102. The maximum Gasteiger partial charge on any atom is 0.255 e. The summed E-state index contributed by atoms with van der Waals surface area (Å²) in [6, 6.07) is 10.9. The topological polar surface area (TPSA) is 103 Å². The summed E-state index contributed by atoms with van der Waals surface area (Å²) in [5.74, 6) is -0.235. The lowest BCUT2D eigenvalue weighted by atomic mass is 10.1. The molecule has 1 N–H and O–H groups in total. The summed E-state index contributed by atoms with van der Waals surface area (Å²) in [5, 5.41) is 18.2. The summed E-state index contributed by atoms with van der Waals surface area (Å²) >= 11 is 3.43. The number of anilines is 1. The SMILES string of the molecule is Cc1cc(C(=O)Nc2cc(Br)ccc2-n2cncn2)ccc1-n1cnnn1. The highest BCUT2D eigenvalue weighted by atomic mass is 79.9. The van der Waals surface area contributed by atoms with Gasteiger partial charge in [0.15, 0.2) is 0 Å². The van der Waals surface area contributed by atoms with Gasteiger partial charge in [0.25, 0.3) is 5.91 Å². The highest BCUT2D eigenvalue weighted by molar-refractivity contribution is 9.10. The van der Waals surface area contributed by atoms with E-state index >= 15 is 0 Å². The maximum absolute atomic E-state index is 12.8. The number of tetrazole rings is 1. The molecule has 0 aliphatic carbocycles. The van der Waals surface area contributed by atoms with Gasteiger partial charge in [-0.05, 0) is 59.3 Å². The second-order valence-electron chi connectivity index (χ2n) is 5.71. The molecule has 0 unspecified atom stereocenters. The molecule has 4 rings (SSSR count). The van der Waals surface area contributed by atoms with Crippen LogP contribution in [0.2, 0.25) is 0 Å². The number of carbonyl (C=O) groups excluding carboxylic acids is 1. The van der Waals surface area contributed by atoms with Crippen LogP contribution >= 0.6 is 15.9 Å². The van der Waals surface area contributed by atoms with Crippen LogP contribution in [0.4, 0.5) is 5.69 Å². The molecule has 0 saturated carbocycles. The van der Waals surface area contributed by atoms with E-state index in [-0.39, 0.29) is 5.91 Å². The Kier molecular flexibility index (Phi) is 4.47. The average Bonchev–Trinajstić information content (AvgIpc) is 3.36. The second-order valence-corrected chi connectivity index (χ2v) is 6.63. The van der Waals surface area contributed by atoms with Gasteiger partial charge in [-0.2, -0.15) is 5.10 Å². The van der Waals surface area contributed by atoms with Gasteiger partial charge in [-0.15, -0.1) is 5.10 Å². The van der Waals surface area contributed by atoms with Gasteiger partial charge in [-0.1, -0.05) is 15.9 Å². The summed E-state index contributed by atoms with van der Waals surface area (Å²) in [6.45, 7) is 1.90. The van der Waals surface area contributed by atoms with Crippen molar-refractivity contribution in [1.82, 2.24) is 35.0 Å². The molecule has 27 heavy (non-hydrogen) atoms. The molecule has 1 amide bonds. The quantitative estimate of drug-likeness (QED) is 0.539. The fraction of sp³-hybridized carbons (Fsp3) is 0.0588. The predicted molar refractivity (Wildman–Crippen MR) is 101 cm³/mol. The van der Waals surface area contributed by atoms with Crippen molar-refractivity contribution in [1.29, 1.82) is 0 Å². The van der Waals surface area contributed by atoms with Crippen LogP contribution in [-0.2, 0) is 0 Å². The first-order chi connectivity index (χ1) is 13.1. The van der Waals surface area contributed by atoms with Crippen LogP contribution in [0.5, 0.6) is 0 Å². The van der Waals surface area contributed by atoms with E-state index in [2.05, 4.69) is 46.9 Å². The number of halogens is 1. The first-order valence-corrected chi connectivity index (χ1v) is 8.71. The van der Waals surface area contributed by atoms with Crippen molar-refractivity contribution < 1.29 is 4.79 Å². The molecule has 2 aromatic carbocycles. The number of amides is 1. The number of benzene rings is 2. The van der Waals surface area contributed by atoms with E-state index in [4.69, 9.17) is 0 Å². The standard InChI is InChI=1S/C17H13BrN8O/c1-11-6-12(2-4-15(11)26-10-20-23-24-26)17(27)22-14-7-13(18)3-5-16(14)25-9-19-8-21-25/h2-10H,1H3,(H,22,27). The highest BCUT2D eigenvalue weighted by Gasteiger charge is 2.13. The summed E-state index contributed by atoms with van der Waals surface area (Å²) in [6.07, 6.45) is 4.52. The molecule has 0 radical (unpaired) electrons. The summed E-state index contributed by atoms with van der Waals surface area (Å²) < 4.78 is 3.98. The van der Waals surface area contributed by atoms with E-state index in [1.807, 2.05) is 25.1 Å². The van der Waals surface area contributed by atoms with Gasteiger partial charge in [-0.3, -0.25) is 4.79 Å². The van der Waals surface area contributed by atoms with Crippen molar-refractivity contribution in [2.75, 3.05) is 5.32 Å². The monoisotopic (exact) mass is 424 g/mol. The highest BCUT2D eigenvalue weighted by Crippen LogP contribution is 2.25. The maximum atomic E-state index is 12.8. The summed E-state index contributed by atoms with van der Waals surface area (Å²) in [4.78, 5) is 16.7. The molecule has 134 valence electrons. The molecule has 0 saturated heterocycles. The molecule has 4 aromatic rings. The van der Waals surface area contributed by atoms with Crippen LogP contribution in [0, 0.1) is 6.92 Å². The minimum atomic E-state index is -0.235. The minimum absolute atomic E-state index is 0.235. The van der Waals surface area contributed by atoms with Gasteiger partial charge in [0, 0.05) is 10.0 Å². The number of nitrogens with one attached hydrogen (secondary N) is 1. The minimum Gasteiger partial charge on any atom is -0.320 e. The lowest BCUT2D eigenvalue weighted by Gasteiger charge is -2.12. The Hall–Kier alpha value is -3.40. The van der Waals surface area contributed by atoms with E-state index in [1.54, 1.807) is 33.9 Å². The third kappa shape index (κ3) is 3.47. The Labute approximate surface area is 162 Å². The fourth-order valence-electron chi connectivity index (χ4n) is 2.66. The molecule has 0 bridgehead atoms. The molecule has 0 aliphatic rings. The zero-order chi connectivity index (χ0) is 18.8. The molecule has 2 heterocycles. The Morgan fingerprint density at radius 2 is 1.93 bits per heavy atom. The van der Waals surface area contributed by atoms with Gasteiger partial charge < -0.3 is 5.32 Å². The molecule has 0 spiro atoms. The zero-order valence-corrected chi connectivity index (χ0v) is 15.7. The predicted octanol–water partition coefficient (Wildman–Crippen LogP) is 2.57. The number of nitrogens with zero attached hydrogens (tertiary/aromatic N) is 7. The summed E-state index contributed by atoms with van der Waals surface area (Å²) in [5.41, 5.74) is 3.53. The third-order valence-corrected chi connectivity index (χ3v) is 4.42.